The molecule has 0 saturated carbocycles. The van der Waals surface area contributed by atoms with E-state index in [0.717, 1.165) is 11.0 Å². The molecule has 0 radical (unpaired) electrons. The number of amides is 1. The van der Waals surface area contributed by atoms with Gasteiger partial charge in [-0.3, -0.25) is 4.79 Å². The second kappa shape index (κ2) is 7.25. The SMILES string of the molecule is O=C(COc1cc(F)c(F)cc1F)NCCc1nc2ccccc2[nH]1. The molecule has 0 bridgehead atoms. The van der Waals surface area contributed by atoms with Crippen molar-refractivity contribution in [2.24, 2.45) is 0 Å². The Morgan fingerprint density at radius 2 is 1.88 bits per heavy atom. The Balaban J connectivity index is 1.47. The van der Waals surface area contributed by atoms with Gasteiger partial charge >= 0.3 is 0 Å². The Morgan fingerprint density at radius 1 is 1.12 bits per heavy atom. The molecule has 8 heteroatoms. The highest BCUT2D eigenvalue weighted by Gasteiger charge is 2.12. The number of imidazole rings is 1. The summed E-state index contributed by atoms with van der Waals surface area (Å²) in [6.07, 6.45) is 0.472. The van der Waals surface area contributed by atoms with Gasteiger partial charge in [0.2, 0.25) is 0 Å². The number of para-hydroxylation sites is 2. The molecule has 0 spiro atoms. The lowest BCUT2D eigenvalue weighted by atomic mass is 10.3. The summed E-state index contributed by atoms with van der Waals surface area (Å²) in [5.41, 5.74) is 1.74. The first-order chi connectivity index (χ1) is 12.0. The van der Waals surface area contributed by atoms with Crippen molar-refractivity contribution in [1.29, 1.82) is 0 Å². The number of H-pyrrole nitrogens is 1. The lowest BCUT2D eigenvalue weighted by Gasteiger charge is -2.08. The summed E-state index contributed by atoms with van der Waals surface area (Å²) in [6.45, 7) is -0.218. The fraction of sp³-hybridized carbons (Fsp3) is 0.176. The number of rotatable bonds is 6. The number of ether oxygens (including phenoxy) is 1. The molecular formula is C17H14F3N3O2. The topological polar surface area (TPSA) is 67.0 Å². The average Bonchev–Trinajstić information content (AvgIpc) is 2.99. The van der Waals surface area contributed by atoms with Crippen LogP contribution < -0.4 is 10.1 Å². The molecule has 0 unspecified atom stereocenters. The lowest BCUT2D eigenvalue weighted by Crippen LogP contribution is -2.30. The third-order valence-corrected chi connectivity index (χ3v) is 3.46. The molecule has 3 rings (SSSR count). The van der Waals surface area contributed by atoms with Crippen molar-refractivity contribution in [3.8, 4) is 5.75 Å². The molecule has 2 aromatic carbocycles. The van der Waals surface area contributed by atoms with E-state index in [4.69, 9.17) is 4.74 Å². The zero-order valence-corrected chi connectivity index (χ0v) is 13.0. The normalized spacial score (nSPS) is 10.8. The number of carbonyl (C=O) groups is 1. The molecule has 1 heterocycles. The van der Waals surface area contributed by atoms with Gasteiger partial charge < -0.3 is 15.0 Å². The van der Waals surface area contributed by atoms with Gasteiger partial charge in [-0.05, 0) is 12.1 Å². The van der Waals surface area contributed by atoms with Crippen LogP contribution in [-0.4, -0.2) is 29.0 Å². The van der Waals surface area contributed by atoms with Crippen molar-refractivity contribution in [2.45, 2.75) is 6.42 Å². The van der Waals surface area contributed by atoms with Crippen molar-refractivity contribution in [1.82, 2.24) is 15.3 Å². The van der Waals surface area contributed by atoms with Gasteiger partial charge in [0, 0.05) is 25.1 Å². The minimum absolute atomic E-state index is 0.294. The Morgan fingerprint density at radius 3 is 2.68 bits per heavy atom. The molecule has 0 fully saturated rings. The molecule has 2 N–H and O–H groups in total. The highest BCUT2D eigenvalue weighted by molar-refractivity contribution is 5.77. The maximum atomic E-state index is 13.4. The number of hydrogen-bond acceptors (Lipinski definition) is 3. The zero-order valence-electron chi connectivity index (χ0n) is 13.0. The van der Waals surface area contributed by atoms with E-state index in [-0.39, 0.29) is 0 Å². The van der Waals surface area contributed by atoms with E-state index in [1.807, 2.05) is 24.3 Å². The average molecular weight is 349 g/mol. The monoisotopic (exact) mass is 349 g/mol. The number of nitrogens with one attached hydrogen (secondary N) is 2. The van der Waals surface area contributed by atoms with Crippen LogP contribution in [0.2, 0.25) is 0 Å². The van der Waals surface area contributed by atoms with Crippen molar-refractivity contribution in [2.75, 3.05) is 13.2 Å². The summed E-state index contributed by atoms with van der Waals surface area (Å²) in [5.74, 6) is -3.96. The fourth-order valence-corrected chi connectivity index (χ4v) is 2.25. The molecule has 0 aliphatic rings. The van der Waals surface area contributed by atoms with Crippen molar-refractivity contribution in [3.63, 3.8) is 0 Å². The van der Waals surface area contributed by atoms with Gasteiger partial charge in [0.1, 0.15) is 5.82 Å². The fourth-order valence-electron chi connectivity index (χ4n) is 2.25. The molecule has 1 aromatic heterocycles. The molecule has 5 nitrogen and oxygen atoms in total. The molecular weight excluding hydrogens is 335 g/mol. The Kier molecular flexibility index (Phi) is 4.87. The van der Waals surface area contributed by atoms with E-state index in [9.17, 15) is 18.0 Å². The third-order valence-electron chi connectivity index (χ3n) is 3.46. The quantitative estimate of drug-likeness (QED) is 0.673. The molecule has 0 atom stereocenters. The second-order valence-corrected chi connectivity index (χ2v) is 5.29. The van der Waals surface area contributed by atoms with Crippen LogP contribution >= 0.6 is 0 Å². The molecule has 0 saturated heterocycles. The van der Waals surface area contributed by atoms with Crippen molar-refractivity contribution in [3.05, 3.63) is 59.7 Å². The Labute approximate surface area is 140 Å². The standard InChI is InChI=1S/C17H14F3N3O2/c18-10-7-12(20)15(8-11(10)19)25-9-17(24)21-6-5-16-22-13-3-1-2-4-14(13)23-16/h1-4,7-8H,5-6,9H2,(H,21,24)(H,22,23). The lowest BCUT2D eigenvalue weighted by molar-refractivity contribution is -0.123. The smallest absolute Gasteiger partial charge is 0.257 e. The number of hydrogen-bond donors (Lipinski definition) is 2. The number of benzene rings is 2. The number of fused-ring (bicyclic) bond motifs is 1. The molecule has 1 amide bonds. The van der Waals surface area contributed by atoms with Crippen molar-refractivity contribution < 1.29 is 22.7 Å². The number of aromatic amines is 1. The summed E-state index contributed by atoms with van der Waals surface area (Å²) < 4.78 is 44.1. The van der Waals surface area contributed by atoms with E-state index in [1.54, 1.807) is 0 Å². The minimum Gasteiger partial charge on any atom is -0.481 e. The molecule has 0 aliphatic heterocycles. The summed E-state index contributed by atoms with van der Waals surface area (Å²) in [6, 6.07) is 8.47. The first-order valence-corrected chi connectivity index (χ1v) is 7.50. The first-order valence-electron chi connectivity index (χ1n) is 7.50. The number of nitrogens with zero attached hydrogens (tertiary/aromatic N) is 1. The van der Waals surface area contributed by atoms with Crippen LogP contribution in [0.5, 0.6) is 5.75 Å². The second-order valence-electron chi connectivity index (χ2n) is 5.29. The molecule has 0 aliphatic carbocycles. The predicted octanol–water partition coefficient (Wildman–Crippen LogP) is 2.72. The summed E-state index contributed by atoms with van der Waals surface area (Å²) in [7, 11) is 0. The van der Waals surface area contributed by atoms with E-state index >= 15 is 0 Å². The Hall–Kier alpha value is -3.03. The molecule has 130 valence electrons. The predicted molar refractivity (Wildman–Crippen MR) is 84.6 cm³/mol. The highest BCUT2D eigenvalue weighted by atomic mass is 19.2. The summed E-state index contributed by atoms with van der Waals surface area (Å²) >= 11 is 0. The number of halogens is 3. The first kappa shape index (κ1) is 16.8. The van der Waals surface area contributed by atoms with E-state index in [0.29, 0.717) is 30.9 Å². The van der Waals surface area contributed by atoms with Gasteiger partial charge in [-0.15, -0.1) is 0 Å². The van der Waals surface area contributed by atoms with Crippen LogP contribution in [0, 0.1) is 17.5 Å². The van der Waals surface area contributed by atoms with Gasteiger partial charge in [-0.2, -0.15) is 0 Å². The molecule has 25 heavy (non-hydrogen) atoms. The van der Waals surface area contributed by atoms with Gasteiger partial charge in [-0.1, -0.05) is 12.1 Å². The Bertz CT molecular complexity index is 878. The van der Waals surface area contributed by atoms with Gasteiger partial charge in [0.15, 0.2) is 29.8 Å². The summed E-state index contributed by atoms with van der Waals surface area (Å²) in [4.78, 5) is 19.2. The van der Waals surface area contributed by atoms with E-state index in [1.165, 1.54) is 0 Å². The van der Waals surface area contributed by atoms with Crippen LogP contribution in [-0.2, 0) is 11.2 Å². The third kappa shape index (κ3) is 4.09. The maximum absolute atomic E-state index is 13.4. The van der Waals surface area contributed by atoms with Crippen molar-refractivity contribution >= 4 is 16.9 Å². The van der Waals surface area contributed by atoms with Crippen LogP contribution in [0.1, 0.15) is 5.82 Å². The maximum Gasteiger partial charge on any atom is 0.257 e. The minimum atomic E-state index is -1.32. The van der Waals surface area contributed by atoms with Gasteiger partial charge in [0.05, 0.1) is 11.0 Å². The number of carbonyl (C=O) groups excluding carboxylic acids is 1. The van der Waals surface area contributed by atoms with Gasteiger partial charge in [-0.25, -0.2) is 18.2 Å². The molecule has 3 aromatic rings. The largest absolute Gasteiger partial charge is 0.481 e. The summed E-state index contributed by atoms with van der Waals surface area (Å²) in [5, 5.41) is 2.58. The van der Waals surface area contributed by atoms with Gasteiger partial charge in [0.25, 0.3) is 5.91 Å². The number of aromatic nitrogens is 2. The van der Waals surface area contributed by atoms with Crippen LogP contribution in [0.15, 0.2) is 36.4 Å². The van der Waals surface area contributed by atoms with E-state index in [2.05, 4.69) is 15.3 Å². The van der Waals surface area contributed by atoms with Crippen LogP contribution in [0.4, 0.5) is 13.2 Å². The zero-order chi connectivity index (χ0) is 17.8. The van der Waals surface area contributed by atoms with Crippen LogP contribution in [0.25, 0.3) is 11.0 Å². The van der Waals surface area contributed by atoms with E-state index < -0.39 is 35.7 Å². The van der Waals surface area contributed by atoms with Crippen LogP contribution in [0.3, 0.4) is 0 Å². The highest BCUT2D eigenvalue weighted by Crippen LogP contribution is 2.20.